The minimum atomic E-state index is -0.928. The summed E-state index contributed by atoms with van der Waals surface area (Å²) in [7, 11) is 3.10. The van der Waals surface area contributed by atoms with Crippen molar-refractivity contribution < 1.29 is 23.9 Å². The summed E-state index contributed by atoms with van der Waals surface area (Å²) in [6.45, 7) is 5.43. The first-order chi connectivity index (χ1) is 15.2. The van der Waals surface area contributed by atoms with E-state index in [4.69, 9.17) is 21.1 Å². The first-order valence-corrected chi connectivity index (χ1v) is 10.4. The van der Waals surface area contributed by atoms with Gasteiger partial charge in [-0.1, -0.05) is 23.7 Å². The van der Waals surface area contributed by atoms with Crippen LogP contribution in [0, 0.1) is 13.8 Å². The first-order valence-electron chi connectivity index (χ1n) is 10.0. The van der Waals surface area contributed by atoms with Crippen molar-refractivity contribution in [1.29, 1.82) is 0 Å². The minimum Gasteiger partial charge on any atom is -0.493 e. The number of carbonyl (C=O) groups excluding carboxylic acids is 3. The third kappa shape index (κ3) is 4.07. The molecule has 0 N–H and O–H groups in total. The number of ether oxygens (including phenoxy) is 2. The van der Waals surface area contributed by atoms with Crippen molar-refractivity contribution in [3.8, 4) is 5.75 Å². The number of para-hydroxylation sites is 1. The maximum Gasteiger partial charge on any atom is 0.409 e. The molecular formula is C23H24ClN3O5. The molecule has 0 aliphatic carbocycles. The minimum absolute atomic E-state index is 0.144. The van der Waals surface area contributed by atoms with E-state index in [2.05, 4.69) is 4.99 Å². The summed E-state index contributed by atoms with van der Waals surface area (Å²) in [5, 5.41) is 0.684. The van der Waals surface area contributed by atoms with Crippen LogP contribution in [0.1, 0.15) is 28.4 Å². The molecule has 2 amide bonds. The van der Waals surface area contributed by atoms with Crippen LogP contribution in [0.15, 0.2) is 29.3 Å². The molecule has 32 heavy (non-hydrogen) atoms. The van der Waals surface area contributed by atoms with E-state index in [0.717, 1.165) is 0 Å². The number of halogens is 1. The predicted molar refractivity (Wildman–Crippen MR) is 120 cm³/mol. The summed E-state index contributed by atoms with van der Waals surface area (Å²) >= 11 is 6.39. The summed E-state index contributed by atoms with van der Waals surface area (Å²) in [4.78, 5) is 45.0. The van der Waals surface area contributed by atoms with Gasteiger partial charge in [0.1, 0.15) is 18.3 Å². The Balaban J connectivity index is 2.29. The van der Waals surface area contributed by atoms with Crippen LogP contribution in [0.2, 0.25) is 5.02 Å². The fraction of sp³-hybridized carbons (Fsp3) is 0.348. The Bertz CT molecular complexity index is 1220. The van der Waals surface area contributed by atoms with Crippen LogP contribution in [0.3, 0.4) is 0 Å². The fourth-order valence-electron chi connectivity index (χ4n) is 3.63. The smallest absolute Gasteiger partial charge is 0.409 e. The Kier molecular flexibility index (Phi) is 6.87. The first kappa shape index (κ1) is 23.3. The molecule has 1 atom stereocenters. The Morgan fingerprint density at radius 2 is 1.94 bits per heavy atom. The molecule has 2 aromatic rings. The lowest BCUT2D eigenvalue weighted by molar-refractivity contribution is 0.0905. The lowest BCUT2D eigenvalue weighted by atomic mass is 9.97. The lowest BCUT2D eigenvalue weighted by Gasteiger charge is -2.33. The molecule has 9 heteroatoms. The van der Waals surface area contributed by atoms with Crippen LogP contribution in [-0.2, 0) is 9.53 Å². The van der Waals surface area contributed by atoms with Crippen LogP contribution in [-0.4, -0.2) is 56.3 Å². The van der Waals surface area contributed by atoms with Crippen molar-refractivity contribution in [1.82, 2.24) is 4.90 Å². The molecule has 168 valence electrons. The molecule has 0 saturated carbocycles. The normalized spacial score (nSPS) is 14.9. The summed E-state index contributed by atoms with van der Waals surface area (Å²) in [6.07, 6.45) is -1.51. The summed E-state index contributed by atoms with van der Waals surface area (Å²) < 4.78 is 11.1. The van der Waals surface area contributed by atoms with Gasteiger partial charge < -0.3 is 14.4 Å². The molecular weight excluding hydrogens is 434 g/mol. The van der Waals surface area contributed by atoms with Gasteiger partial charge in [0.05, 0.1) is 33.5 Å². The lowest BCUT2D eigenvalue weighted by Crippen LogP contribution is -2.53. The largest absolute Gasteiger partial charge is 0.493 e. The highest BCUT2D eigenvalue weighted by Gasteiger charge is 2.36. The van der Waals surface area contributed by atoms with Crippen molar-refractivity contribution >= 4 is 35.2 Å². The van der Waals surface area contributed by atoms with Crippen molar-refractivity contribution in [3.05, 3.63) is 56.6 Å². The fourth-order valence-corrected chi connectivity index (χ4v) is 3.86. The molecule has 0 fully saturated rings. The Morgan fingerprint density at radius 1 is 1.25 bits per heavy atom. The van der Waals surface area contributed by atoms with Gasteiger partial charge in [-0.3, -0.25) is 14.7 Å². The zero-order valence-electron chi connectivity index (χ0n) is 18.6. The van der Waals surface area contributed by atoms with Gasteiger partial charge in [-0.05, 0) is 32.9 Å². The molecule has 8 nitrogen and oxygen atoms in total. The average molecular weight is 458 g/mol. The maximum absolute atomic E-state index is 13.8. The van der Waals surface area contributed by atoms with E-state index in [1.807, 2.05) is 12.9 Å². The van der Waals surface area contributed by atoms with Gasteiger partial charge in [-0.15, -0.1) is 0 Å². The number of nitrogens with zero attached hydrogens (tertiary/aromatic N) is 3. The number of rotatable bonds is 5. The number of amides is 2. The Hall–Kier alpha value is -3.35. The van der Waals surface area contributed by atoms with Gasteiger partial charge in [-0.2, -0.15) is 0 Å². The number of carbonyl (C=O) groups is 2. The molecule has 0 bridgehead atoms. The monoisotopic (exact) mass is 457 g/mol. The summed E-state index contributed by atoms with van der Waals surface area (Å²) in [5.74, 6) is 1.93. The molecule has 1 aliphatic heterocycles. The highest BCUT2D eigenvalue weighted by molar-refractivity contribution is 6.34. The molecule has 1 aliphatic rings. The number of benzene rings is 2. The molecule has 0 aromatic heterocycles. The van der Waals surface area contributed by atoms with Gasteiger partial charge in [0.25, 0.3) is 5.91 Å². The Morgan fingerprint density at radius 3 is 2.53 bits per heavy atom. The van der Waals surface area contributed by atoms with Crippen LogP contribution in [0.5, 0.6) is 5.75 Å². The number of hydrogen-bond acceptors (Lipinski definition) is 6. The van der Waals surface area contributed by atoms with Crippen molar-refractivity contribution in [3.63, 3.8) is 0 Å². The average Bonchev–Trinajstić information content (AvgIpc) is 2.75. The molecule has 0 saturated heterocycles. The molecule has 0 spiro atoms. The molecule has 1 heterocycles. The molecule has 3 rings (SSSR count). The predicted octanol–water partition coefficient (Wildman–Crippen LogP) is 2.16. The van der Waals surface area contributed by atoms with Gasteiger partial charge in [-0.25, -0.2) is 9.59 Å². The van der Waals surface area contributed by atoms with E-state index >= 15 is 0 Å². The summed E-state index contributed by atoms with van der Waals surface area (Å²) in [5.41, 5.74) is 1.75. The second-order valence-corrected chi connectivity index (χ2v) is 7.83. The molecule has 2 aromatic carbocycles. The summed E-state index contributed by atoms with van der Waals surface area (Å²) in [6, 6.07) is 6.82. The third-order valence-electron chi connectivity index (χ3n) is 5.14. The third-order valence-corrected chi connectivity index (χ3v) is 5.46. The number of hydrogen-bond donors (Lipinski definition) is 0. The second kappa shape index (κ2) is 9.42. The Labute approximate surface area is 190 Å². The second-order valence-electron chi connectivity index (χ2n) is 7.42. The van der Waals surface area contributed by atoms with Gasteiger partial charge in [0.2, 0.25) is 0 Å². The quantitative estimate of drug-likeness (QED) is 0.686. The highest BCUT2D eigenvalue weighted by Crippen LogP contribution is 2.32. The standard InChI is InChI=1S/C23H24ClN3O5/c1-6-31-21-13(2)15(11-28)20-19(14(21)3)22(29)27(17-10-8-7-9-16(17)24)18(25-20)12-32-23(30)26(4)5/h7-10,18H,6,12H2,1-5H3. The van der Waals surface area contributed by atoms with Gasteiger partial charge in [0, 0.05) is 25.2 Å². The van der Waals surface area contributed by atoms with E-state index in [1.54, 1.807) is 52.2 Å². The van der Waals surface area contributed by atoms with Crippen LogP contribution in [0.4, 0.5) is 10.5 Å². The van der Waals surface area contributed by atoms with E-state index < -0.39 is 18.2 Å². The molecule has 0 radical (unpaired) electrons. The van der Waals surface area contributed by atoms with Crippen LogP contribution >= 0.6 is 11.6 Å². The van der Waals surface area contributed by atoms with Gasteiger partial charge in [0.15, 0.2) is 6.17 Å². The maximum atomic E-state index is 13.8. The van der Waals surface area contributed by atoms with E-state index in [0.29, 0.717) is 34.2 Å². The zero-order valence-corrected chi connectivity index (χ0v) is 19.3. The van der Waals surface area contributed by atoms with E-state index in [-0.39, 0.29) is 22.7 Å². The van der Waals surface area contributed by atoms with E-state index in [1.165, 1.54) is 9.80 Å². The number of fused-ring (bicyclic) bond motifs is 1. The van der Waals surface area contributed by atoms with E-state index in [9.17, 15) is 14.4 Å². The van der Waals surface area contributed by atoms with Gasteiger partial charge >= 0.3 is 6.09 Å². The number of anilines is 1. The van der Waals surface area contributed by atoms with Crippen molar-refractivity contribution in [2.45, 2.75) is 26.9 Å². The van der Waals surface area contributed by atoms with Crippen LogP contribution < -0.4 is 20.2 Å². The highest BCUT2D eigenvalue weighted by atomic mass is 35.5. The topological polar surface area (TPSA) is 88.5 Å². The SMILES string of the molecule is CCOc1c(C)c2c(c(=C=O)c1C)=NC(COC(=O)N(C)C)N(c1ccccc1Cl)C2=O. The zero-order chi connectivity index (χ0) is 23.6. The van der Waals surface area contributed by atoms with Crippen molar-refractivity contribution in [2.24, 2.45) is 4.99 Å². The molecule has 1 unspecified atom stereocenters. The van der Waals surface area contributed by atoms with Crippen LogP contribution in [0.25, 0.3) is 0 Å². The van der Waals surface area contributed by atoms with Crippen molar-refractivity contribution in [2.75, 3.05) is 32.2 Å².